The van der Waals surface area contributed by atoms with E-state index in [1.165, 1.54) is 19.3 Å². The molecule has 8 heteroatoms. The number of anilines is 2. The van der Waals surface area contributed by atoms with Gasteiger partial charge in [0.1, 0.15) is 0 Å². The molecule has 0 radical (unpaired) electrons. The van der Waals surface area contributed by atoms with Gasteiger partial charge in [0.2, 0.25) is 0 Å². The predicted molar refractivity (Wildman–Crippen MR) is 146 cm³/mol. The number of para-hydroxylation sites is 1. The van der Waals surface area contributed by atoms with Crippen molar-refractivity contribution < 1.29 is 4.79 Å². The first-order valence-electron chi connectivity index (χ1n) is 12.2. The molecule has 0 unspecified atom stereocenters. The number of nitrogens with one attached hydrogen (secondary N) is 2. The lowest BCUT2D eigenvalue weighted by molar-refractivity contribution is 0.208. The summed E-state index contributed by atoms with van der Waals surface area (Å²) in [5.74, 6) is 0.749. The molecule has 2 fully saturated rings. The van der Waals surface area contributed by atoms with E-state index in [1.807, 2.05) is 42.7 Å². The molecule has 2 amide bonds. The fourth-order valence-electron chi connectivity index (χ4n) is 5.00. The number of amides is 2. The topological polar surface area (TPSA) is 47.6 Å². The summed E-state index contributed by atoms with van der Waals surface area (Å²) in [6.45, 7) is 5.21. The lowest BCUT2D eigenvalue weighted by Gasteiger charge is -2.37. The molecule has 0 atom stereocenters. The van der Waals surface area contributed by atoms with Gasteiger partial charge in [0.25, 0.3) is 0 Å². The lowest BCUT2D eigenvalue weighted by Crippen LogP contribution is -2.47. The van der Waals surface area contributed by atoms with Crippen LogP contribution < -0.4 is 15.5 Å². The number of nitrogens with zero attached hydrogens (tertiary/aromatic N) is 2. The molecule has 1 saturated carbocycles. The van der Waals surface area contributed by atoms with Crippen LogP contribution in [-0.2, 0) is 0 Å². The summed E-state index contributed by atoms with van der Waals surface area (Å²) in [5.41, 5.74) is 1.92. The molecular formula is C26H34Cl2N4OS. The van der Waals surface area contributed by atoms with Gasteiger partial charge in [-0.3, -0.25) is 4.90 Å². The van der Waals surface area contributed by atoms with E-state index in [0.717, 1.165) is 67.8 Å². The van der Waals surface area contributed by atoms with Gasteiger partial charge in [0, 0.05) is 37.1 Å². The molecule has 34 heavy (non-hydrogen) atoms. The Kier molecular flexibility index (Phi) is 9.29. The Morgan fingerprint density at radius 2 is 1.74 bits per heavy atom. The molecule has 2 aromatic carbocycles. The summed E-state index contributed by atoms with van der Waals surface area (Å²) in [5, 5.41) is 7.47. The minimum Gasteiger partial charge on any atom is -0.368 e. The number of rotatable bonds is 7. The fourth-order valence-corrected chi connectivity index (χ4v) is 5.97. The van der Waals surface area contributed by atoms with Crippen LogP contribution in [0.1, 0.15) is 32.1 Å². The summed E-state index contributed by atoms with van der Waals surface area (Å²) in [4.78, 5) is 18.5. The van der Waals surface area contributed by atoms with Crippen molar-refractivity contribution in [1.82, 2.24) is 10.2 Å². The zero-order chi connectivity index (χ0) is 23.9. The summed E-state index contributed by atoms with van der Waals surface area (Å²) < 4.78 is 0. The molecule has 1 aliphatic carbocycles. The molecule has 1 heterocycles. The Hall–Kier alpha value is -1.60. The number of urea groups is 1. The number of piperazine rings is 1. The summed E-state index contributed by atoms with van der Waals surface area (Å²) in [6.07, 6.45) is 7.74. The normalized spacial score (nSPS) is 21.3. The van der Waals surface area contributed by atoms with Crippen LogP contribution in [0.5, 0.6) is 0 Å². The second-order valence-electron chi connectivity index (χ2n) is 9.21. The smallest absolute Gasteiger partial charge is 0.319 e. The molecule has 0 spiro atoms. The molecule has 1 saturated heterocycles. The summed E-state index contributed by atoms with van der Waals surface area (Å²) in [7, 11) is 0. The number of hydrogen-bond donors (Lipinski definition) is 2. The van der Waals surface area contributed by atoms with Crippen molar-refractivity contribution in [1.29, 1.82) is 0 Å². The van der Waals surface area contributed by atoms with Gasteiger partial charge < -0.3 is 15.5 Å². The van der Waals surface area contributed by atoms with E-state index in [4.69, 9.17) is 23.2 Å². The van der Waals surface area contributed by atoms with Gasteiger partial charge >= 0.3 is 6.03 Å². The monoisotopic (exact) mass is 520 g/mol. The molecular weight excluding hydrogens is 487 g/mol. The number of carbonyl (C=O) groups excluding carboxylic acids is 1. The Labute approximate surface area is 217 Å². The number of carbonyl (C=O) groups is 1. The van der Waals surface area contributed by atoms with Gasteiger partial charge in [-0.25, -0.2) is 4.79 Å². The quantitative estimate of drug-likeness (QED) is 0.403. The van der Waals surface area contributed by atoms with Crippen molar-refractivity contribution >= 4 is 52.4 Å². The van der Waals surface area contributed by atoms with E-state index in [9.17, 15) is 4.79 Å². The third kappa shape index (κ3) is 6.75. The Morgan fingerprint density at radius 3 is 2.47 bits per heavy atom. The maximum absolute atomic E-state index is 12.5. The van der Waals surface area contributed by atoms with Crippen molar-refractivity contribution in [2.75, 3.05) is 49.2 Å². The maximum atomic E-state index is 12.5. The molecule has 184 valence electrons. The minimum absolute atomic E-state index is 0.0948. The van der Waals surface area contributed by atoms with E-state index in [-0.39, 0.29) is 12.1 Å². The second-order valence-corrected chi connectivity index (χ2v) is 10.8. The SMILES string of the molecule is CSc1ccccc1NC(=O)NC1CCC(CCN2CCN(c3cccc(Cl)c3Cl)CC2)CC1. The van der Waals surface area contributed by atoms with Crippen LogP contribution in [0, 0.1) is 5.92 Å². The average molecular weight is 522 g/mol. The minimum atomic E-state index is -0.0948. The third-order valence-electron chi connectivity index (χ3n) is 7.03. The molecule has 1 aliphatic heterocycles. The van der Waals surface area contributed by atoms with Crippen molar-refractivity contribution in [3.8, 4) is 0 Å². The lowest BCUT2D eigenvalue weighted by atomic mass is 9.84. The molecule has 5 nitrogen and oxygen atoms in total. The van der Waals surface area contributed by atoms with E-state index in [2.05, 4.69) is 26.5 Å². The first-order valence-corrected chi connectivity index (χ1v) is 14.1. The van der Waals surface area contributed by atoms with Crippen molar-refractivity contribution in [2.45, 2.75) is 43.0 Å². The van der Waals surface area contributed by atoms with E-state index >= 15 is 0 Å². The van der Waals surface area contributed by atoms with Crippen LogP contribution in [0.25, 0.3) is 0 Å². The van der Waals surface area contributed by atoms with Gasteiger partial charge in [0.15, 0.2) is 0 Å². The van der Waals surface area contributed by atoms with Crippen molar-refractivity contribution in [3.05, 3.63) is 52.5 Å². The largest absolute Gasteiger partial charge is 0.368 e. The molecule has 0 bridgehead atoms. The second kappa shape index (κ2) is 12.4. The van der Waals surface area contributed by atoms with Crippen molar-refractivity contribution in [3.63, 3.8) is 0 Å². The van der Waals surface area contributed by atoms with Gasteiger partial charge in [-0.2, -0.15) is 0 Å². The number of benzene rings is 2. The van der Waals surface area contributed by atoms with Crippen LogP contribution >= 0.6 is 35.0 Å². The standard InChI is InChI=1S/C26H34Cl2N4OS/c1-34-24-8-3-2-6-22(24)30-26(33)29-20-11-9-19(10-12-20)13-14-31-15-17-32(18-16-31)23-7-4-5-21(27)25(23)28/h2-8,19-20H,9-18H2,1H3,(H2,29,30,33). The first kappa shape index (κ1) is 25.5. The average Bonchev–Trinajstić information content (AvgIpc) is 2.86. The highest BCUT2D eigenvalue weighted by atomic mass is 35.5. The summed E-state index contributed by atoms with van der Waals surface area (Å²) in [6, 6.07) is 13.9. The fraction of sp³-hybridized carbons (Fsp3) is 0.500. The number of thioether (sulfide) groups is 1. The summed E-state index contributed by atoms with van der Waals surface area (Å²) >= 11 is 14.2. The predicted octanol–water partition coefficient (Wildman–Crippen LogP) is 6.61. The molecule has 2 aliphatic rings. The number of hydrogen-bond acceptors (Lipinski definition) is 4. The van der Waals surface area contributed by atoms with Crippen LogP contribution in [0.2, 0.25) is 10.0 Å². The van der Waals surface area contributed by atoms with Gasteiger partial charge in [0.05, 0.1) is 21.4 Å². The van der Waals surface area contributed by atoms with Gasteiger partial charge in [-0.15, -0.1) is 11.8 Å². The zero-order valence-electron chi connectivity index (χ0n) is 19.7. The Morgan fingerprint density at radius 1 is 1.00 bits per heavy atom. The molecule has 4 rings (SSSR count). The molecule has 2 N–H and O–H groups in total. The third-order valence-corrected chi connectivity index (χ3v) is 8.64. The van der Waals surface area contributed by atoms with E-state index in [1.54, 1.807) is 11.8 Å². The van der Waals surface area contributed by atoms with E-state index in [0.29, 0.717) is 10.0 Å². The molecule has 0 aromatic heterocycles. The number of halogens is 2. The first-order chi connectivity index (χ1) is 16.5. The zero-order valence-corrected chi connectivity index (χ0v) is 22.1. The van der Waals surface area contributed by atoms with E-state index < -0.39 is 0 Å². The molecule has 2 aromatic rings. The highest BCUT2D eigenvalue weighted by molar-refractivity contribution is 7.98. The maximum Gasteiger partial charge on any atom is 0.319 e. The Balaban J connectivity index is 1.14. The van der Waals surface area contributed by atoms with Crippen LogP contribution in [0.4, 0.5) is 16.2 Å². The highest BCUT2D eigenvalue weighted by Gasteiger charge is 2.24. The van der Waals surface area contributed by atoms with Crippen molar-refractivity contribution in [2.24, 2.45) is 5.92 Å². The van der Waals surface area contributed by atoms with Gasteiger partial charge in [-0.1, -0.05) is 41.4 Å². The van der Waals surface area contributed by atoms with Crippen LogP contribution in [-0.4, -0.2) is 56.0 Å². The van der Waals surface area contributed by atoms with Gasteiger partial charge in [-0.05, 0) is 75.1 Å². The highest BCUT2D eigenvalue weighted by Crippen LogP contribution is 2.33. The Bertz CT molecular complexity index is 960. The van der Waals surface area contributed by atoms with Crippen LogP contribution in [0.15, 0.2) is 47.4 Å². The van der Waals surface area contributed by atoms with Crippen LogP contribution in [0.3, 0.4) is 0 Å².